The van der Waals surface area contributed by atoms with Gasteiger partial charge in [-0.3, -0.25) is 0 Å². The maximum Gasteiger partial charge on any atom is 0.200 e. The fourth-order valence-corrected chi connectivity index (χ4v) is 2.72. The minimum absolute atomic E-state index is 0.0771. The molecule has 0 saturated carbocycles. The van der Waals surface area contributed by atoms with Crippen molar-refractivity contribution in [2.24, 2.45) is 11.8 Å². The van der Waals surface area contributed by atoms with Crippen molar-refractivity contribution in [2.75, 3.05) is 7.11 Å². The first-order valence-electron chi connectivity index (χ1n) is 10.7. The van der Waals surface area contributed by atoms with E-state index in [0.717, 1.165) is 17.9 Å². The average molecular weight is 397 g/mol. The second-order valence-electron chi connectivity index (χ2n) is 6.66. The van der Waals surface area contributed by atoms with Gasteiger partial charge in [-0.2, -0.15) is 4.39 Å². The van der Waals surface area contributed by atoms with E-state index < -0.39 is 11.7 Å². The van der Waals surface area contributed by atoms with Crippen LogP contribution in [0.25, 0.3) is 0 Å². The summed E-state index contributed by atoms with van der Waals surface area (Å²) in [6, 6.07) is 0. The van der Waals surface area contributed by atoms with Crippen LogP contribution < -0.4 is 0 Å². The van der Waals surface area contributed by atoms with Crippen molar-refractivity contribution in [3.05, 3.63) is 59.4 Å². The first-order chi connectivity index (χ1) is 13.3. The monoisotopic (exact) mass is 396 g/mol. The van der Waals surface area contributed by atoms with Crippen molar-refractivity contribution in [3.8, 4) is 0 Å². The Labute approximate surface area is 173 Å². The molecule has 28 heavy (non-hydrogen) atoms. The van der Waals surface area contributed by atoms with Crippen molar-refractivity contribution in [1.82, 2.24) is 0 Å². The third-order valence-electron chi connectivity index (χ3n) is 4.94. The standard InChI is InChI=1S/C21H30F2O.2C2H6/c1-7-14(2)8-9-15(3)18-10-12-19(13-11-18)16(4)20(22)21(23)17(5)24-6;2*1-2/h10,12,14-15H,4-5,7-9,11,13H2,1-3,6H3;2*1-2H3/b21-20-;;. The molecule has 1 nitrogen and oxygen atoms in total. The minimum atomic E-state index is -1.08. The Morgan fingerprint density at radius 1 is 1.00 bits per heavy atom. The molecule has 0 fully saturated rings. The summed E-state index contributed by atoms with van der Waals surface area (Å²) in [5, 5.41) is 0. The van der Waals surface area contributed by atoms with Crippen LogP contribution in [-0.2, 0) is 4.74 Å². The molecule has 0 aromatic heterocycles. The van der Waals surface area contributed by atoms with Gasteiger partial charge in [-0.15, -0.1) is 0 Å². The van der Waals surface area contributed by atoms with Crippen molar-refractivity contribution in [1.29, 1.82) is 0 Å². The molecule has 0 amide bonds. The largest absolute Gasteiger partial charge is 0.494 e. The van der Waals surface area contributed by atoms with Crippen LogP contribution in [0, 0.1) is 11.8 Å². The normalized spacial score (nSPS) is 15.9. The molecule has 1 aliphatic rings. The van der Waals surface area contributed by atoms with E-state index in [-0.39, 0.29) is 11.3 Å². The predicted octanol–water partition coefficient (Wildman–Crippen LogP) is 9.01. The Morgan fingerprint density at radius 2 is 1.57 bits per heavy atom. The first-order valence-corrected chi connectivity index (χ1v) is 10.7. The van der Waals surface area contributed by atoms with Crippen molar-refractivity contribution < 1.29 is 13.5 Å². The Hall–Kier alpha value is -1.64. The van der Waals surface area contributed by atoms with Gasteiger partial charge in [-0.1, -0.05) is 92.2 Å². The summed E-state index contributed by atoms with van der Waals surface area (Å²) in [4.78, 5) is 0. The van der Waals surface area contributed by atoms with Gasteiger partial charge >= 0.3 is 0 Å². The van der Waals surface area contributed by atoms with Crippen molar-refractivity contribution >= 4 is 0 Å². The average Bonchev–Trinajstić information content (AvgIpc) is 2.77. The van der Waals surface area contributed by atoms with Gasteiger partial charge in [0.2, 0.25) is 5.83 Å². The van der Waals surface area contributed by atoms with Crippen molar-refractivity contribution in [3.63, 3.8) is 0 Å². The van der Waals surface area contributed by atoms with Crippen LogP contribution in [0.5, 0.6) is 0 Å². The van der Waals surface area contributed by atoms with Gasteiger partial charge < -0.3 is 4.74 Å². The second-order valence-corrected chi connectivity index (χ2v) is 6.66. The highest BCUT2D eigenvalue weighted by Crippen LogP contribution is 2.34. The molecule has 2 atom stereocenters. The molecule has 0 spiro atoms. The molecule has 2 unspecified atom stereocenters. The van der Waals surface area contributed by atoms with Gasteiger partial charge in [-0.25, -0.2) is 4.39 Å². The van der Waals surface area contributed by atoms with E-state index in [1.54, 1.807) is 0 Å². The summed E-state index contributed by atoms with van der Waals surface area (Å²) >= 11 is 0. The lowest BCUT2D eigenvalue weighted by molar-refractivity contribution is 0.281. The van der Waals surface area contributed by atoms with E-state index in [9.17, 15) is 8.78 Å². The Bertz CT molecular complexity index is 567. The van der Waals surface area contributed by atoms with Crippen LogP contribution in [0.15, 0.2) is 59.4 Å². The molecule has 0 aromatic carbocycles. The van der Waals surface area contributed by atoms with Crippen LogP contribution >= 0.6 is 0 Å². The fourth-order valence-electron chi connectivity index (χ4n) is 2.72. The lowest BCUT2D eigenvalue weighted by Gasteiger charge is -2.22. The summed E-state index contributed by atoms with van der Waals surface area (Å²) in [5.74, 6) is -1.12. The Balaban J connectivity index is 0. The Kier molecular flexibility index (Phi) is 16.7. The van der Waals surface area contributed by atoms with E-state index in [0.29, 0.717) is 12.3 Å². The van der Waals surface area contributed by atoms with Gasteiger partial charge in [0.1, 0.15) is 5.76 Å². The maximum absolute atomic E-state index is 14.1. The highest BCUT2D eigenvalue weighted by Gasteiger charge is 2.20. The number of hydrogen-bond donors (Lipinski definition) is 0. The van der Waals surface area contributed by atoms with Crippen LogP contribution in [0.1, 0.15) is 80.6 Å². The molecule has 3 heteroatoms. The number of halogens is 2. The molecular weight excluding hydrogens is 354 g/mol. The summed E-state index contributed by atoms with van der Waals surface area (Å²) in [7, 11) is 1.26. The molecule has 0 aromatic rings. The van der Waals surface area contributed by atoms with Gasteiger partial charge in [-0.05, 0) is 36.7 Å². The molecular formula is C25H42F2O. The number of hydrogen-bond acceptors (Lipinski definition) is 1. The molecule has 0 bridgehead atoms. The number of methoxy groups -OCH3 is 1. The Morgan fingerprint density at radius 3 is 2.00 bits per heavy atom. The van der Waals surface area contributed by atoms with E-state index in [4.69, 9.17) is 0 Å². The number of allylic oxidation sites excluding steroid dienone is 7. The highest BCUT2D eigenvalue weighted by molar-refractivity contribution is 5.48. The van der Waals surface area contributed by atoms with E-state index in [2.05, 4.69) is 38.7 Å². The van der Waals surface area contributed by atoms with Crippen LogP contribution in [-0.4, -0.2) is 7.11 Å². The van der Waals surface area contributed by atoms with Gasteiger partial charge in [0.15, 0.2) is 5.83 Å². The van der Waals surface area contributed by atoms with Gasteiger partial charge in [0.25, 0.3) is 0 Å². The summed E-state index contributed by atoms with van der Waals surface area (Å²) in [6.07, 6.45) is 9.05. The molecule has 1 rings (SSSR count). The van der Waals surface area contributed by atoms with Gasteiger partial charge in [0, 0.05) is 5.57 Å². The van der Waals surface area contributed by atoms with E-state index in [1.165, 1.54) is 31.9 Å². The zero-order valence-corrected chi connectivity index (χ0v) is 19.4. The lowest BCUT2D eigenvalue weighted by Crippen LogP contribution is -2.06. The van der Waals surface area contributed by atoms with Crippen LogP contribution in [0.2, 0.25) is 0 Å². The molecule has 0 aliphatic heterocycles. The zero-order chi connectivity index (χ0) is 22.3. The predicted molar refractivity (Wildman–Crippen MR) is 120 cm³/mol. The van der Waals surface area contributed by atoms with Crippen molar-refractivity contribution in [2.45, 2.75) is 80.6 Å². The summed E-state index contributed by atoms with van der Waals surface area (Å²) in [5.41, 5.74) is 2.18. The molecule has 0 saturated heterocycles. The van der Waals surface area contributed by atoms with Crippen LogP contribution in [0.4, 0.5) is 8.78 Å². The number of ether oxygens (including phenoxy) is 1. The molecule has 0 heterocycles. The SMILES string of the molecule is C=C(OC)/C(F)=C(/F)C(=C)C1=CC=C(C(C)CCC(C)CC)CC1.CC.CC. The quantitative estimate of drug-likeness (QED) is 0.279. The van der Waals surface area contributed by atoms with Gasteiger partial charge in [0.05, 0.1) is 7.11 Å². The summed E-state index contributed by atoms with van der Waals surface area (Å²) < 4.78 is 32.5. The second kappa shape index (κ2) is 16.3. The number of rotatable bonds is 9. The highest BCUT2D eigenvalue weighted by atomic mass is 19.2. The lowest BCUT2D eigenvalue weighted by atomic mass is 9.84. The fraction of sp³-hybridized carbons (Fsp3) is 0.600. The maximum atomic E-state index is 14.1. The van der Waals surface area contributed by atoms with E-state index >= 15 is 0 Å². The van der Waals surface area contributed by atoms with E-state index in [1.807, 2.05) is 39.8 Å². The smallest absolute Gasteiger partial charge is 0.200 e. The summed E-state index contributed by atoms with van der Waals surface area (Å²) in [6.45, 7) is 21.8. The topological polar surface area (TPSA) is 9.23 Å². The first kappa shape index (κ1) is 28.6. The molecule has 1 aliphatic carbocycles. The van der Waals surface area contributed by atoms with Crippen LogP contribution in [0.3, 0.4) is 0 Å². The molecule has 0 radical (unpaired) electrons. The third kappa shape index (κ3) is 9.52. The zero-order valence-electron chi connectivity index (χ0n) is 19.4. The minimum Gasteiger partial charge on any atom is -0.494 e. The molecule has 162 valence electrons. The molecule has 0 N–H and O–H groups in total. The third-order valence-corrected chi connectivity index (χ3v) is 4.94.